The van der Waals surface area contributed by atoms with E-state index < -0.39 is 12.5 Å². The van der Waals surface area contributed by atoms with Crippen LogP contribution in [0.2, 0.25) is 0 Å². The van der Waals surface area contributed by atoms with E-state index in [1.807, 2.05) is 0 Å². The fourth-order valence-corrected chi connectivity index (χ4v) is 2.44. The Morgan fingerprint density at radius 1 is 1.07 bits per heavy atom. The van der Waals surface area contributed by atoms with Gasteiger partial charge in [0.25, 0.3) is 5.91 Å². The standard InChI is InChI=1S/C20H18F2N2O3/c21-20(22)27-17-8-4-1-5-13(17)9-12-18(25)24-16-7-3-2-6-15(16)19(26)23-14-10-11-14/h1-9,12,14,20H,10-11H2,(H,23,26)(H,24,25). The van der Waals surface area contributed by atoms with Gasteiger partial charge >= 0.3 is 6.61 Å². The monoisotopic (exact) mass is 372 g/mol. The molecule has 140 valence electrons. The molecule has 0 radical (unpaired) electrons. The van der Waals surface area contributed by atoms with E-state index in [0.717, 1.165) is 12.8 Å². The number of carbonyl (C=O) groups is 2. The van der Waals surface area contributed by atoms with Crippen LogP contribution in [0.5, 0.6) is 5.75 Å². The van der Waals surface area contributed by atoms with Gasteiger partial charge in [-0.3, -0.25) is 9.59 Å². The number of rotatable bonds is 7. The van der Waals surface area contributed by atoms with Crippen molar-refractivity contribution in [2.75, 3.05) is 5.32 Å². The Kier molecular flexibility index (Phi) is 5.80. The Morgan fingerprint density at radius 2 is 1.78 bits per heavy atom. The van der Waals surface area contributed by atoms with Gasteiger partial charge in [0, 0.05) is 17.7 Å². The molecular formula is C20H18F2N2O3. The summed E-state index contributed by atoms with van der Waals surface area (Å²) in [6.45, 7) is -2.95. The van der Waals surface area contributed by atoms with Gasteiger partial charge in [0.15, 0.2) is 0 Å². The maximum Gasteiger partial charge on any atom is 0.387 e. The van der Waals surface area contributed by atoms with Crippen molar-refractivity contribution >= 4 is 23.6 Å². The third-order valence-electron chi connectivity index (χ3n) is 3.89. The van der Waals surface area contributed by atoms with Crippen LogP contribution in [0.25, 0.3) is 6.08 Å². The lowest BCUT2D eigenvalue weighted by Gasteiger charge is -2.10. The number of benzene rings is 2. The summed E-state index contributed by atoms with van der Waals surface area (Å²) in [6.07, 6.45) is 4.50. The van der Waals surface area contributed by atoms with Gasteiger partial charge in [-0.2, -0.15) is 8.78 Å². The van der Waals surface area contributed by atoms with E-state index in [-0.39, 0.29) is 17.7 Å². The summed E-state index contributed by atoms with van der Waals surface area (Å²) >= 11 is 0. The Balaban J connectivity index is 1.70. The van der Waals surface area contributed by atoms with Gasteiger partial charge in [0.2, 0.25) is 5.91 Å². The van der Waals surface area contributed by atoms with Crippen LogP contribution in [0.1, 0.15) is 28.8 Å². The first kappa shape index (κ1) is 18.6. The molecule has 2 amide bonds. The lowest BCUT2D eigenvalue weighted by molar-refractivity contribution is -0.111. The molecule has 27 heavy (non-hydrogen) atoms. The molecule has 3 rings (SSSR count). The number of amides is 2. The van der Waals surface area contributed by atoms with Crippen LogP contribution in [-0.4, -0.2) is 24.5 Å². The smallest absolute Gasteiger partial charge is 0.387 e. The van der Waals surface area contributed by atoms with E-state index in [1.165, 1.54) is 18.2 Å². The van der Waals surface area contributed by atoms with Crippen LogP contribution in [0.4, 0.5) is 14.5 Å². The highest BCUT2D eigenvalue weighted by Crippen LogP contribution is 2.23. The van der Waals surface area contributed by atoms with Crippen LogP contribution < -0.4 is 15.4 Å². The van der Waals surface area contributed by atoms with Crippen molar-refractivity contribution in [1.82, 2.24) is 5.32 Å². The number of para-hydroxylation sites is 2. The molecule has 1 saturated carbocycles. The predicted molar refractivity (Wildman–Crippen MR) is 97.7 cm³/mol. The fourth-order valence-electron chi connectivity index (χ4n) is 2.44. The molecule has 1 aliphatic rings. The van der Waals surface area contributed by atoms with Crippen molar-refractivity contribution in [3.63, 3.8) is 0 Å². The number of hydrogen-bond donors (Lipinski definition) is 2. The third kappa shape index (κ3) is 5.37. The summed E-state index contributed by atoms with van der Waals surface area (Å²) in [7, 11) is 0. The average molecular weight is 372 g/mol. The second kappa shape index (κ2) is 8.44. The SMILES string of the molecule is O=C(C=Cc1ccccc1OC(F)F)Nc1ccccc1C(=O)NC1CC1. The Hall–Kier alpha value is -3.22. The molecule has 1 aliphatic carbocycles. The van der Waals surface area contributed by atoms with Gasteiger partial charge in [-0.1, -0.05) is 30.3 Å². The molecule has 0 bridgehead atoms. The zero-order valence-electron chi connectivity index (χ0n) is 14.3. The summed E-state index contributed by atoms with van der Waals surface area (Å²) in [4.78, 5) is 24.5. The van der Waals surface area contributed by atoms with Crippen molar-refractivity contribution in [2.45, 2.75) is 25.5 Å². The molecular weight excluding hydrogens is 354 g/mol. The first-order chi connectivity index (χ1) is 13.0. The van der Waals surface area contributed by atoms with Crippen LogP contribution >= 0.6 is 0 Å². The van der Waals surface area contributed by atoms with Crippen molar-refractivity contribution in [3.8, 4) is 5.75 Å². The fraction of sp³-hybridized carbons (Fsp3) is 0.200. The number of halogens is 2. The molecule has 5 nitrogen and oxygen atoms in total. The molecule has 1 fully saturated rings. The maximum absolute atomic E-state index is 12.4. The second-order valence-corrected chi connectivity index (χ2v) is 6.03. The molecule has 0 aliphatic heterocycles. The number of carbonyl (C=O) groups excluding carboxylic acids is 2. The maximum atomic E-state index is 12.4. The number of anilines is 1. The van der Waals surface area contributed by atoms with Gasteiger partial charge in [-0.25, -0.2) is 0 Å². The van der Waals surface area contributed by atoms with Crippen LogP contribution in [0.3, 0.4) is 0 Å². The molecule has 0 aromatic heterocycles. The molecule has 0 atom stereocenters. The minimum Gasteiger partial charge on any atom is -0.434 e. The predicted octanol–water partition coefficient (Wildman–Crippen LogP) is 3.83. The van der Waals surface area contributed by atoms with Gasteiger partial charge in [0.05, 0.1) is 11.3 Å². The summed E-state index contributed by atoms with van der Waals surface area (Å²) in [5.74, 6) is -0.762. The quantitative estimate of drug-likeness (QED) is 0.726. The minimum atomic E-state index is -2.95. The number of nitrogens with one attached hydrogen (secondary N) is 2. The summed E-state index contributed by atoms with van der Waals surface area (Å²) in [6, 6.07) is 13.0. The molecule has 2 N–H and O–H groups in total. The third-order valence-corrected chi connectivity index (χ3v) is 3.89. The zero-order chi connectivity index (χ0) is 19.2. The van der Waals surface area contributed by atoms with E-state index in [4.69, 9.17) is 0 Å². The zero-order valence-corrected chi connectivity index (χ0v) is 14.3. The van der Waals surface area contributed by atoms with E-state index in [2.05, 4.69) is 15.4 Å². The van der Waals surface area contributed by atoms with Crippen LogP contribution in [-0.2, 0) is 4.79 Å². The Bertz CT molecular complexity index is 864. The van der Waals surface area contributed by atoms with E-state index in [1.54, 1.807) is 42.5 Å². The van der Waals surface area contributed by atoms with Crippen molar-refractivity contribution in [3.05, 3.63) is 65.7 Å². The molecule has 2 aromatic rings. The Labute approximate surface area is 155 Å². The number of ether oxygens (including phenoxy) is 1. The number of hydrogen-bond acceptors (Lipinski definition) is 3. The number of alkyl halides is 2. The highest BCUT2D eigenvalue weighted by molar-refractivity contribution is 6.07. The first-order valence-corrected chi connectivity index (χ1v) is 8.46. The summed E-state index contributed by atoms with van der Waals surface area (Å²) < 4.78 is 29.3. The largest absolute Gasteiger partial charge is 0.434 e. The second-order valence-electron chi connectivity index (χ2n) is 6.03. The molecule has 0 spiro atoms. The normalized spacial score (nSPS) is 13.6. The van der Waals surface area contributed by atoms with Crippen LogP contribution in [0.15, 0.2) is 54.6 Å². The highest BCUT2D eigenvalue weighted by Gasteiger charge is 2.24. The van der Waals surface area contributed by atoms with E-state index in [9.17, 15) is 18.4 Å². The topological polar surface area (TPSA) is 67.4 Å². The van der Waals surface area contributed by atoms with Crippen molar-refractivity contribution in [1.29, 1.82) is 0 Å². The van der Waals surface area contributed by atoms with Crippen molar-refractivity contribution < 1.29 is 23.1 Å². The van der Waals surface area contributed by atoms with Gasteiger partial charge in [0.1, 0.15) is 5.75 Å². The Morgan fingerprint density at radius 3 is 2.52 bits per heavy atom. The highest BCUT2D eigenvalue weighted by atomic mass is 19.3. The molecule has 0 heterocycles. The van der Waals surface area contributed by atoms with E-state index >= 15 is 0 Å². The molecule has 7 heteroatoms. The van der Waals surface area contributed by atoms with Gasteiger partial charge in [-0.15, -0.1) is 0 Å². The summed E-state index contributed by atoms with van der Waals surface area (Å²) in [5.41, 5.74) is 1.09. The van der Waals surface area contributed by atoms with Crippen LogP contribution in [0, 0.1) is 0 Å². The van der Waals surface area contributed by atoms with Gasteiger partial charge in [-0.05, 0) is 37.1 Å². The first-order valence-electron chi connectivity index (χ1n) is 8.46. The van der Waals surface area contributed by atoms with E-state index in [0.29, 0.717) is 16.8 Å². The average Bonchev–Trinajstić information content (AvgIpc) is 3.45. The van der Waals surface area contributed by atoms with Crippen molar-refractivity contribution in [2.24, 2.45) is 0 Å². The van der Waals surface area contributed by atoms with Gasteiger partial charge < -0.3 is 15.4 Å². The molecule has 2 aromatic carbocycles. The lowest BCUT2D eigenvalue weighted by Crippen LogP contribution is -2.26. The molecule has 0 unspecified atom stereocenters. The minimum absolute atomic E-state index is 0.0271. The molecule has 0 saturated heterocycles. The lowest BCUT2D eigenvalue weighted by atomic mass is 10.1. The summed E-state index contributed by atoms with van der Waals surface area (Å²) in [5, 5.41) is 5.51.